The van der Waals surface area contributed by atoms with E-state index in [1.54, 1.807) is 7.11 Å². The first-order valence-electron chi connectivity index (χ1n) is 6.86. The van der Waals surface area contributed by atoms with Crippen LogP contribution in [0.4, 0.5) is 5.69 Å². The van der Waals surface area contributed by atoms with E-state index in [4.69, 9.17) is 14.2 Å². The fourth-order valence-corrected chi connectivity index (χ4v) is 2.05. The second-order valence-corrected chi connectivity index (χ2v) is 5.16. The summed E-state index contributed by atoms with van der Waals surface area (Å²) < 4.78 is 16.6. The Kier molecular flexibility index (Phi) is 4.91. The van der Waals surface area contributed by atoms with Gasteiger partial charge in [-0.3, -0.25) is 0 Å². The first-order valence-corrected chi connectivity index (χ1v) is 6.86. The molecule has 0 saturated carbocycles. The predicted octanol–water partition coefficient (Wildman–Crippen LogP) is 2.93. The van der Waals surface area contributed by atoms with Gasteiger partial charge in [0.2, 0.25) is 0 Å². The molecule has 1 aliphatic heterocycles. The Balaban J connectivity index is 2.10. The van der Waals surface area contributed by atoms with E-state index in [1.807, 2.05) is 18.2 Å². The normalized spacial score (nSPS) is 16.0. The summed E-state index contributed by atoms with van der Waals surface area (Å²) in [7, 11) is 1.73. The van der Waals surface area contributed by atoms with Crippen molar-refractivity contribution in [1.82, 2.24) is 0 Å². The molecule has 0 amide bonds. The van der Waals surface area contributed by atoms with Crippen molar-refractivity contribution >= 4 is 5.69 Å². The van der Waals surface area contributed by atoms with Crippen molar-refractivity contribution in [2.75, 3.05) is 32.2 Å². The molecule has 1 aromatic carbocycles. The topological polar surface area (TPSA) is 39.7 Å². The van der Waals surface area contributed by atoms with Crippen molar-refractivity contribution in [3.63, 3.8) is 0 Å². The van der Waals surface area contributed by atoms with Crippen LogP contribution >= 0.6 is 0 Å². The highest BCUT2D eigenvalue weighted by atomic mass is 16.5. The van der Waals surface area contributed by atoms with Crippen molar-refractivity contribution in [2.45, 2.75) is 26.3 Å². The lowest BCUT2D eigenvalue weighted by Crippen LogP contribution is -2.30. The molecule has 1 unspecified atom stereocenters. The third kappa shape index (κ3) is 3.77. The quantitative estimate of drug-likeness (QED) is 0.888. The molecule has 1 N–H and O–H groups in total. The summed E-state index contributed by atoms with van der Waals surface area (Å²) in [5.41, 5.74) is 1.04. The number of nitrogens with one attached hydrogen (secondary N) is 1. The van der Waals surface area contributed by atoms with Crippen molar-refractivity contribution < 1.29 is 14.2 Å². The SMILES string of the molecule is COCC(Nc1ccc2c(c1)OCCCO2)C(C)C. The Labute approximate surface area is 115 Å². The number of rotatable bonds is 5. The first-order chi connectivity index (χ1) is 9.20. The van der Waals surface area contributed by atoms with Crippen molar-refractivity contribution in [1.29, 1.82) is 0 Å². The van der Waals surface area contributed by atoms with Crippen molar-refractivity contribution in [3.05, 3.63) is 18.2 Å². The summed E-state index contributed by atoms with van der Waals surface area (Å²) in [6.07, 6.45) is 0.926. The molecular weight excluding hydrogens is 242 g/mol. The van der Waals surface area contributed by atoms with Gasteiger partial charge in [-0.15, -0.1) is 0 Å². The van der Waals surface area contributed by atoms with Gasteiger partial charge in [0.25, 0.3) is 0 Å². The maximum atomic E-state index is 5.69. The average molecular weight is 265 g/mol. The van der Waals surface area contributed by atoms with Gasteiger partial charge in [-0.1, -0.05) is 13.8 Å². The van der Waals surface area contributed by atoms with Gasteiger partial charge in [-0.25, -0.2) is 0 Å². The molecule has 1 aliphatic rings. The fourth-order valence-electron chi connectivity index (χ4n) is 2.05. The van der Waals surface area contributed by atoms with Gasteiger partial charge in [-0.2, -0.15) is 0 Å². The van der Waals surface area contributed by atoms with Crippen molar-refractivity contribution in [3.8, 4) is 11.5 Å². The van der Waals surface area contributed by atoms with Crippen LogP contribution in [0.2, 0.25) is 0 Å². The molecule has 0 spiro atoms. The Hall–Kier alpha value is -1.42. The van der Waals surface area contributed by atoms with Crippen LogP contribution in [-0.4, -0.2) is 33.0 Å². The maximum Gasteiger partial charge on any atom is 0.163 e. The monoisotopic (exact) mass is 265 g/mol. The third-order valence-corrected chi connectivity index (χ3v) is 3.25. The van der Waals surface area contributed by atoms with E-state index >= 15 is 0 Å². The van der Waals surface area contributed by atoms with Gasteiger partial charge < -0.3 is 19.5 Å². The van der Waals surface area contributed by atoms with Gasteiger partial charge in [0.1, 0.15) is 0 Å². The molecule has 106 valence electrons. The Morgan fingerprint density at radius 2 is 1.95 bits per heavy atom. The number of benzene rings is 1. The molecule has 1 aromatic rings. The standard InChI is InChI=1S/C15H23NO3/c1-11(2)13(10-17-3)16-12-5-6-14-15(9-12)19-8-4-7-18-14/h5-6,9,11,13,16H,4,7-8,10H2,1-3H3. The highest BCUT2D eigenvalue weighted by Crippen LogP contribution is 2.32. The van der Waals surface area contributed by atoms with Crippen LogP contribution < -0.4 is 14.8 Å². The Morgan fingerprint density at radius 3 is 2.63 bits per heavy atom. The van der Waals surface area contributed by atoms with Gasteiger partial charge in [0.05, 0.1) is 25.9 Å². The smallest absolute Gasteiger partial charge is 0.163 e. The van der Waals surface area contributed by atoms with Crippen LogP contribution in [0.15, 0.2) is 18.2 Å². The lowest BCUT2D eigenvalue weighted by Gasteiger charge is -2.23. The minimum Gasteiger partial charge on any atom is -0.490 e. The van der Waals surface area contributed by atoms with Crippen LogP contribution in [0, 0.1) is 5.92 Å². The van der Waals surface area contributed by atoms with Gasteiger partial charge in [-0.05, 0) is 18.1 Å². The maximum absolute atomic E-state index is 5.69. The highest BCUT2D eigenvalue weighted by molar-refractivity contribution is 5.55. The minimum atomic E-state index is 0.287. The highest BCUT2D eigenvalue weighted by Gasteiger charge is 2.15. The Morgan fingerprint density at radius 1 is 1.21 bits per heavy atom. The number of methoxy groups -OCH3 is 1. The molecule has 1 heterocycles. The molecule has 0 saturated heterocycles. The largest absolute Gasteiger partial charge is 0.490 e. The molecule has 1 atom stereocenters. The molecular formula is C15H23NO3. The van der Waals surface area contributed by atoms with E-state index in [2.05, 4.69) is 19.2 Å². The zero-order valence-corrected chi connectivity index (χ0v) is 11.9. The second kappa shape index (κ2) is 6.66. The number of anilines is 1. The molecule has 2 rings (SSSR count). The fraction of sp³-hybridized carbons (Fsp3) is 0.600. The molecule has 0 aliphatic carbocycles. The summed E-state index contributed by atoms with van der Waals surface area (Å²) in [5.74, 6) is 2.15. The van der Waals surface area contributed by atoms with E-state index in [1.165, 1.54) is 0 Å². The van der Waals surface area contributed by atoms with Crippen molar-refractivity contribution in [2.24, 2.45) is 5.92 Å². The number of fused-ring (bicyclic) bond motifs is 1. The zero-order chi connectivity index (χ0) is 13.7. The predicted molar refractivity (Wildman–Crippen MR) is 76.2 cm³/mol. The van der Waals surface area contributed by atoms with E-state index in [9.17, 15) is 0 Å². The van der Waals surface area contributed by atoms with Crippen LogP contribution in [0.5, 0.6) is 11.5 Å². The number of hydrogen-bond acceptors (Lipinski definition) is 4. The summed E-state index contributed by atoms with van der Waals surface area (Å²) in [4.78, 5) is 0. The molecule has 4 nitrogen and oxygen atoms in total. The van der Waals surface area contributed by atoms with Crippen LogP contribution in [-0.2, 0) is 4.74 Å². The summed E-state index contributed by atoms with van der Waals surface area (Å²) in [6.45, 7) is 6.48. The van der Waals surface area contributed by atoms with Gasteiger partial charge >= 0.3 is 0 Å². The Bertz CT molecular complexity index is 406. The van der Waals surface area contributed by atoms with Crippen LogP contribution in [0.3, 0.4) is 0 Å². The van der Waals surface area contributed by atoms with Crippen LogP contribution in [0.1, 0.15) is 20.3 Å². The van der Waals surface area contributed by atoms with Crippen LogP contribution in [0.25, 0.3) is 0 Å². The summed E-state index contributed by atoms with van der Waals surface area (Å²) in [6, 6.07) is 6.28. The van der Waals surface area contributed by atoms with E-state index in [-0.39, 0.29) is 6.04 Å². The molecule has 0 bridgehead atoms. The van der Waals surface area contributed by atoms with Gasteiger partial charge in [0.15, 0.2) is 11.5 Å². The number of ether oxygens (including phenoxy) is 3. The van der Waals surface area contributed by atoms with E-state index in [0.717, 1.165) is 30.2 Å². The second-order valence-electron chi connectivity index (χ2n) is 5.16. The summed E-state index contributed by atoms with van der Waals surface area (Å²) >= 11 is 0. The molecule has 0 radical (unpaired) electrons. The summed E-state index contributed by atoms with van der Waals surface area (Å²) in [5, 5.41) is 3.49. The lowest BCUT2D eigenvalue weighted by molar-refractivity contribution is 0.171. The minimum absolute atomic E-state index is 0.287. The van der Waals surface area contributed by atoms with E-state index in [0.29, 0.717) is 19.1 Å². The first kappa shape index (κ1) is 14.0. The third-order valence-electron chi connectivity index (χ3n) is 3.25. The molecule has 0 aromatic heterocycles. The molecule has 4 heteroatoms. The molecule has 0 fully saturated rings. The molecule has 19 heavy (non-hydrogen) atoms. The van der Waals surface area contributed by atoms with E-state index < -0.39 is 0 Å². The van der Waals surface area contributed by atoms with Gasteiger partial charge in [0, 0.05) is 25.3 Å². The lowest BCUT2D eigenvalue weighted by atomic mass is 10.0. The zero-order valence-electron chi connectivity index (χ0n) is 11.9. The number of hydrogen-bond donors (Lipinski definition) is 1. The average Bonchev–Trinajstić information content (AvgIpc) is 2.62.